The Hall–Kier alpha value is 0.270. The van der Waals surface area contributed by atoms with Gasteiger partial charge in [-0.25, -0.2) is 0 Å². The van der Waals surface area contributed by atoms with E-state index >= 15 is 0 Å². The SMILES string of the molecule is CN(C1CCCCCC1)C1(CN)CCSCC1. The Labute approximate surface area is 111 Å². The molecule has 17 heavy (non-hydrogen) atoms. The molecule has 2 rings (SSSR count). The van der Waals surface area contributed by atoms with Crippen molar-refractivity contribution in [1.82, 2.24) is 4.90 Å². The monoisotopic (exact) mass is 256 g/mol. The van der Waals surface area contributed by atoms with Crippen LogP contribution in [0.2, 0.25) is 0 Å². The molecule has 0 unspecified atom stereocenters. The predicted octanol–water partition coefficient (Wildman–Crippen LogP) is 2.87. The minimum Gasteiger partial charge on any atom is -0.329 e. The fourth-order valence-electron chi connectivity index (χ4n) is 3.48. The summed E-state index contributed by atoms with van der Waals surface area (Å²) in [6.45, 7) is 0.848. The van der Waals surface area contributed by atoms with Gasteiger partial charge in [-0.1, -0.05) is 25.7 Å². The number of nitrogens with zero attached hydrogens (tertiary/aromatic N) is 1. The summed E-state index contributed by atoms with van der Waals surface area (Å²) >= 11 is 2.10. The Morgan fingerprint density at radius 2 is 1.71 bits per heavy atom. The maximum atomic E-state index is 6.13. The minimum atomic E-state index is 0.320. The van der Waals surface area contributed by atoms with Gasteiger partial charge in [-0.05, 0) is 44.2 Å². The maximum absolute atomic E-state index is 6.13. The quantitative estimate of drug-likeness (QED) is 0.787. The molecule has 0 aromatic heterocycles. The zero-order valence-corrected chi connectivity index (χ0v) is 12.1. The van der Waals surface area contributed by atoms with Crippen molar-refractivity contribution < 1.29 is 0 Å². The van der Waals surface area contributed by atoms with Crippen molar-refractivity contribution in [2.45, 2.75) is 62.9 Å². The second-order valence-electron chi connectivity index (χ2n) is 5.80. The summed E-state index contributed by atoms with van der Waals surface area (Å²) in [5.74, 6) is 2.60. The smallest absolute Gasteiger partial charge is 0.0347 e. The van der Waals surface area contributed by atoms with Crippen LogP contribution in [0.5, 0.6) is 0 Å². The fraction of sp³-hybridized carbons (Fsp3) is 1.00. The Kier molecular flexibility index (Phi) is 5.19. The second kappa shape index (κ2) is 6.44. The van der Waals surface area contributed by atoms with Gasteiger partial charge in [-0.3, -0.25) is 4.90 Å². The highest BCUT2D eigenvalue weighted by Gasteiger charge is 2.38. The molecule has 1 saturated carbocycles. The summed E-state index contributed by atoms with van der Waals surface area (Å²) < 4.78 is 0. The molecule has 1 heterocycles. The van der Waals surface area contributed by atoms with Crippen LogP contribution in [0.25, 0.3) is 0 Å². The van der Waals surface area contributed by atoms with Crippen molar-refractivity contribution >= 4 is 11.8 Å². The van der Waals surface area contributed by atoms with Gasteiger partial charge in [-0.2, -0.15) is 11.8 Å². The van der Waals surface area contributed by atoms with Gasteiger partial charge in [0.25, 0.3) is 0 Å². The first-order valence-electron chi connectivity index (χ1n) is 7.29. The highest BCUT2D eigenvalue weighted by molar-refractivity contribution is 7.99. The van der Waals surface area contributed by atoms with E-state index in [9.17, 15) is 0 Å². The number of nitrogens with two attached hydrogens (primary N) is 1. The summed E-state index contributed by atoms with van der Waals surface area (Å²) in [7, 11) is 2.35. The minimum absolute atomic E-state index is 0.320. The standard InChI is InChI=1S/C14H28N2S/c1-16(13-6-4-2-3-5-7-13)14(12-15)8-10-17-11-9-14/h13H,2-12,15H2,1H3. The second-order valence-corrected chi connectivity index (χ2v) is 7.02. The van der Waals surface area contributed by atoms with E-state index in [0.717, 1.165) is 12.6 Å². The van der Waals surface area contributed by atoms with Crippen LogP contribution in [0.15, 0.2) is 0 Å². The Balaban J connectivity index is 2.01. The molecular weight excluding hydrogens is 228 g/mol. The predicted molar refractivity (Wildman–Crippen MR) is 77.6 cm³/mol. The van der Waals surface area contributed by atoms with E-state index in [2.05, 4.69) is 23.7 Å². The normalized spacial score (nSPS) is 27.0. The number of rotatable bonds is 3. The summed E-state index contributed by atoms with van der Waals surface area (Å²) in [5, 5.41) is 0. The third kappa shape index (κ3) is 3.18. The van der Waals surface area contributed by atoms with E-state index in [1.807, 2.05) is 0 Å². The molecule has 1 saturated heterocycles. The van der Waals surface area contributed by atoms with Crippen LogP contribution in [0.1, 0.15) is 51.4 Å². The van der Waals surface area contributed by atoms with E-state index in [-0.39, 0.29) is 0 Å². The van der Waals surface area contributed by atoms with Crippen molar-refractivity contribution in [3.8, 4) is 0 Å². The van der Waals surface area contributed by atoms with Crippen LogP contribution < -0.4 is 5.73 Å². The van der Waals surface area contributed by atoms with E-state index < -0.39 is 0 Å². The molecule has 0 aromatic rings. The van der Waals surface area contributed by atoms with Crippen LogP contribution >= 0.6 is 11.8 Å². The highest BCUT2D eigenvalue weighted by atomic mass is 32.2. The van der Waals surface area contributed by atoms with Gasteiger partial charge < -0.3 is 5.73 Å². The molecule has 0 atom stereocenters. The molecule has 2 N–H and O–H groups in total. The zero-order valence-electron chi connectivity index (χ0n) is 11.3. The van der Waals surface area contributed by atoms with Crippen LogP contribution in [0.3, 0.4) is 0 Å². The molecule has 100 valence electrons. The number of hydrogen-bond donors (Lipinski definition) is 1. The van der Waals surface area contributed by atoms with Crippen LogP contribution in [-0.4, -0.2) is 41.6 Å². The molecule has 1 aliphatic heterocycles. The Morgan fingerprint density at radius 1 is 1.12 bits per heavy atom. The zero-order chi connectivity index (χ0) is 12.1. The largest absolute Gasteiger partial charge is 0.329 e. The Bertz CT molecular complexity index is 218. The molecule has 2 aliphatic rings. The lowest BCUT2D eigenvalue weighted by atomic mass is 9.88. The summed E-state index contributed by atoms with van der Waals surface area (Å²) in [6.07, 6.45) is 11.1. The molecule has 0 aromatic carbocycles. The molecule has 2 nitrogen and oxygen atoms in total. The van der Waals surface area contributed by atoms with Gasteiger partial charge >= 0.3 is 0 Å². The van der Waals surface area contributed by atoms with Gasteiger partial charge in [0.1, 0.15) is 0 Å². The molecule has 2 fully saturated rings. The van der Waals surface area contributed by atoms with E-state index in [4.69, 9.17) is 5.73 Å². The van der Waals surface area contributed by atoms with Crippen molar-refractivity contribution in [2.75, 3.05) is 25.1 Å². The van der Waals surface area contributed by atoms with Crippen molar-refractivity contribution in [1.29, 1.82) is 0 Å². The summed E-state index contributed by atoms with van der Waals surface area (Å²) in [5.41, 5.74) is 6.45. The first-order chi connectivity index (χ1) is 8.28. The first kappa shape index (κ1) is 13.7. The van der Waals surface area contributed by atoms with E-state index in [1.54, 1.807) is 0 Å². The lowest BCUT2D eigenvalue weighted by Gasteiger charge is -2.47. The summed E-state index contributed by atoms with van der Waals surface area (Å²) in [4.78, 5) is 2.68. The molecule has 0 bridgehead atoms. The van der Waals surface area contributed by atoms with Gasteiger partial charge in [0.05, 0.1) is 0 Å². The van der Waals surface area contributed by atoms with Crippen LogP contribution in [-0.2, 0) is 0 Å². The molecular formula is C14H28N2S. The maximum Gasteiger partial charge on any atom is 0.0347 e. The lowest BCUT2D eigenvalue weighted by molar-refractivity contribution is 0.0609. The summed E-state index contributed by atoms with van der Waals surface area (Å²) in [6, 6.07) is 0.796. The van der Waals surface area contributed by atoms with Gasteiger partial charge in [0.15, 0.2) is 0 Å². The van der Waals surface area contributed by atoms with Gasteiger partial charge in [0.2, 0.25) is 0 Å². The first-order valence-corrected chi connectivity index (χ1v) is 8.45. The number of likely N-dealkylation sites (N-methyl/N-ethyl adjacent to an activating group) is 1. The van der Waals surface area contributed by atoms with Crippen LogP contribution in [0, 0.1) is 0 Å². The highest BCUT2D eigenvalue weighted by Crippen LogP contribution is 2.35. The molecule has 0 amide bonds. The molecule has 3 heteroatoms. The van der Waals surface area contributed by atoms with Crippen molar-refractivity contribution in [2.24, 2.45) is 5.73 Å². The van der Waals surface area contributed by atoms with Crippen molar-refractivity contribution in [3.05, 3.63) is 0 Å². The fourth-order valence-corrected chi connectivity index (χ4v) is 4.74. The van der Waals surface area contributed by atoms with Crippen molar-refractivity contribution in [3.63, 3.8) is 0 Å². The third-order valence-electron chi connectivity index (χ3n) is 4.92. The average molecular weight is 256 g/mol. The topological polar surface area (TPSA) is 29.3 Å². The van der Waals surface area contributed by atoms with Gasteiger partial charge in [-0.15, -0.1) is 0 Å². The van der Waals surface area contributed by atoms with E-state index in [0.29, 0.717) is 5.54 Å². The lowest BCUT2D eigenvalue weighted by Crippen LogP contribution is -2.57. The van der Waals surface area contributed by atoms with Gasteiger partial charge in [0, 0.05) is 18.1 Å². The molecule has 1 aliphatic carbocycles. The Morgan fingerprint density at radius 3 is 2.24 bits per heavy atom. The third-order valence-corrected chi connectivity index (χ3v) is 5.91. The number of thioether (sulfide) groups is 1. The van der Waals surface area contributed by atoms with Crippen LogP contribution in [0.4, 0.5) is 0 Å². The molecule has 0 radical (unpaired) electrons. The average Bonchev–Trinajstić information content (AvgIpc) is 2.67. The molecule has 0 spiro atoms. The number of hydrogen-bond acceptors (Lipinski definition) is 3. The van der Waals surface area contributed by atoms with E-state index in [1.165, 1.54) is 62.9 Å².